The van der Waals surface area contributed by atoms with E-state index in [-0.39, 0.29) is 18.3 Å². The summed E-state index contributed by atoms with van der Waals surface area (Å²) < 4.78 is 5.99. The molecule has 3 aromatic rings. The van der Waals surface area contributed by atoms with Gasteiger partial charge in [0.2, 0.25) is 0 Å². The molecule has 3 N–H and O–H groups in total. The summed E-state index contributed by atoms with van der Waals surface area (Å²) in [6.07, 6.45) is 1.42. The van der Waals surface area contributed by atoms with Crippen LogP contribution in [-0.4, -0.2) is 51.0 Å². The largest absolute Gasteiger partial charge is 0.507 e. The topological polar surface area (TPSA) is 98.7 Å². The molecule has 1 atom stereocenters. The number of aliphatic hydroxyl groups is 1. The predicted molar refractivity (Wildman–Crippen MR) is 131 cm³/mol. The SMILES string of the molecule is Cc1cc(C)c(-c2n[nH]c3c2C(c2cccc(OCCC(C)C)c2)N(CCCO)C3=O)c(O)c1. The maximum Gasteiger partial charge on any atom is 0.273 e. The minimum Gasteiger partial charge on any atom is -0.507 e. The van der Waals surface area contributed by atoms with Crippen LogP contribution in [0.4, 0.5) is 0 Å². The number of carbonyl (C=O) groups excluding carboxylic acids is 1. The van der Waals surface area contributed by atoms with E-state index in [9.17, 15) is 15.0 Å². The Hall–Kier alpha value is -3.32. The third kappa shape index (κ3) is 4.53. The third-order valence-corrected chi connectivity index (χ3v) is 6.25. The minimum atomic E-state index is -0.406. The lowest BCUT2D eigenvalue weighted by Crippen LogP contribution is -2.31. The number of carbonyl (C=O) groups is 1. The van der Waals surface area contributed by atoms with Gasteiger partial charge in [-0.15, -0.1) is 0 Å². The first kappa shape index (κ1) is 23.8. The number of hydrogen-bond acceptors (Lipinski definition) is 5. The van der Waals surface area contributed by atoms with Crippen LogP contribution in [0.1, 0.15) is 65.5 Å². The zero-order valence-corrected chi connectivity index (χ0v) is 20.3. The molecule has 7 heteroatoms. The first-order chi connectivity index (χ1) is 16.3. The summed E-state index contributed by atoms with van der Waals surface area (Å²) >= 11 is 0. The molecular formula is C27H33N3O4. The smallest absolute Gasteiger partial charge is 0.273 e. The van der Waals surface area contributed by atoms with Crippen molar-refractivity contribution >= 4 is 5.91 Å². The molecule has 1 aliphatic heterocycles. The molecule has 1 amide bonds. The van der Waals surface area contributed by atoms with Gasteiger partial charge in [0.15, 0.2) is 0 Å². The molecule has 34 heavy (non-hydrogen) atoms. The minimum absolute atomic E-state index is 0.00818. The molecule has 2 heterocycles. The van der Waals surface area contributed by atoms with E-state index in [1.54, 1.807) is 11.0 Å². The number of H-pyrrole nitrogens is 1. The summed E-state index contributed by atoms with van der Waals surface area (Å²) in [7, 11) is 0. The number of aromatic nitrogens is 2. The number of aromatic hydroxyl groups is 1. The van der Waals surface area contributed by atoms with Crippen molar-refractivity contribution in [2.24, 2.45) is 5.92 Å². The summed E-state index contributed by atoms with van der Waals surface area (Å²) in [5.74, 6) is 1.27. The first-order valence-corrected chi connectivity index (χ1v) is 11.8. The van der Waals surface area contributed by atoms with E-state index in [1.165, 1.54) is 0 Å². The van der Waals surface area contributed by atoms with Gasteiger partial charge in [0.1, 0.15) is 22.9 Å². The maximum absolute atomic E-state index is 13.4. The zero-order valence-electron chi connectivity index (χ0n) is 20.3. The molecule has 4 rings (SSSR count). The standard InChI is InChI=1S/C27H33N3O4/c1-16(2)9-12-34-20-8-5-7-19(15-20)26-23-24(22-18(4)13-17(3)14-21(22)32)28-29-25(23)27(33)30(26)10-6-11-31/h5,7-8,13-16,26,31-32H,6,9-12H2,1-4H3,(H,28,29). The Balaban J connectivity index is 1.80. The van der Waals surface area contributed by atoms with Crippen molar-refractivity contribution in [3.05, 3.63) is 64.3 Å². The average Bonchev–Trinajstić information content (AvgIpc) is 3.30. The van der Waals surface area contributed by atoms with E-state index in [0.29, 0.717) is 42.4 Å². The molecule has 180 valence electrons. The summed E-state index contributed by atoms with van der Waals surface area (Å²) in [5.41, 5.74) is 5.09. The van der Waals surface area contributed by atoms with Gasteiger partial charge in [0, 0.05) is 24.3 Å². The fraction of sp³-hybridized carbons (Fsp3) is 0.407. The number of ether oxygens (including phenoxy) is 1. The van der Waals surface area contributed by atoms with Crippen LogP contribution in [0.3, 0.4) is 0 Å². The molecule has 1 aliphatic rings. The van der Waals surface area contributed by atoms with Crippen molar-refractivity contribution in [1.29, 1.82) is 0 Å². The normalized spacial score (nSPS) is 15.3. The van der Waals surface area contributed by atoms with Crippen LogP contribution in [0.5, 0.6) is 11.5 Å². The molecule has 0 bridgehead atoms. The van der Waals surface area contributed by atoms with Crippen molar-refractivity contribution in [2.75, 3.05) is 19.8 Å². The van der Waals surface area contributed by atoms with E-state index < -0.39 is 6.04 Å². The Morgan fingerprint density at radius 2 is 2.00 bits per heavy atom. The molecule has 0 saturated heterocycles. The Morgan fingerprint density at radius 1 is 1.21 bits per heavy atom. The van der Waals surface area contributed by atoms with Crippen LogP contribution in [-0.2, 0) is 0 Å². The van der Waals surface area contributed by atoms with Gasteiger partial charge in [0.05, 0.1) is 12.6 Å². The molecule has 0 fully saturated rings. The highest BCUT2D eigenvalue weighted by atomic mass is 16.5. The van der Waals surface area contributed by atoms with Crippen LogP contribution >= 0.6 is 0 Å². The number of aliphatic hydroxyl groups excluding tert-OH is 1. The second-order valence-corrected chi connectivity index (χ2v) is 9.42. The molecule has 1 aromatic heterocycles. The average molecular weight is 464 g/mol. The number of fused-ring (bicyclic) bond motifs is 1. The Bertz CT molecular complexity index is 1160. The van der Waals surface area contributed by atoms with Crippen molar-refractivity contribution in [2.45, 2.75) is 46.6 Å². The number of benzene rings is 2. The van der Waals surface area contributed by atoms with Gasteiger partial charge < -0.3 is 19.8 Å². The highest BCUT2D eigenvalue weighted by Gasteiger charge is 2.42. The van der Waals surface area contributed by atoms with Gasteiger partial charge in [0.25, 0.3) is 5.91 Å². The van der Waals surface area contributed by atoms with E-state index in [1.807, 2.05) is 44.2 Å². The van der Waals surface area contributed by atoms with Gasteiger partial charge in [-0.3, -0.25) is 9.89 Å². The molecule has 0 aliphatic carbocycles. The lowest BCUT2D eigenvalue weighted by Gasteiger charge is -2.26. The van der Waals surface area contributed by atoms with Crippen LogP contribution in [0.15, 0.2) is 36.4 Å². The summed E-state index contributed by atoms with van der Waals surface area (Å²) in [4.78, 5) is 15.1. The lowest BCUT2D eigenvalue weighted by atomic mass is 9.93. The molecule has 7 nitrogen and oxygen atoms in total. The zero-order chi connectivity index (χ0) is 24.4. The summed E-state index contributed by atoms with van der Waals surface area (Å²) in [5, 5.41) is 27.6. The number of rotatable bonds is 9. The predicted octanol–water partition coefficient (Wildman–Crippen LogP) is 4.75. The second-order valence-electron chi connectivity index (χ2n) is 9.42. The van der Waals surface area contributed by atoms with Crippen LogP contribution < -0.4 is 4.74 Å². The van der Waals surface area contributed by atoms with Crippen LogP contribution in [0, 0.1) is 19.8 Å². The van der Waals surface area contributed by atoms with Crippen molar-refractivity contribution in [3.63, 3.8) is 0 Å². The highest BCUT2D eigenvalue weighted by molar-refractivity contribution is 6.00. The van der Waals surface area contributed by atoms with Gasteiger partial charge in [-0.25, -0.2) is 0 Å². The van der Waals surface area contributed by atoms with E-state index >= 15 is 0 Å². The monoisotopic (exact) mass is 463 g/mol. The fourth-order valence-corrected chi connectivity index (χ4v) is 4.65. The molecular weight excluding hydrogens is 430 g/mol. The molecule has 0 radical (unpaired) electrons. The number of nitrogens with zero attached hydrogens (tertiary/aromatic N) is 2. The number of nitrogens with one attached hydrogen (secondary N) is 1. The van der Waals surface area contributed by atoms with Crippen LogP contribution in [0.25, 0.3) is 11.3 Å². The lowest BCUT2D eigenvalue weighted by molar-refractivity contribution is 0.0732. The van der Waals surface area contributed by atoms with Crippen LogP contribution in [0.2, 0.25) is 0 Å². The molecule has 1 unspecified atom stereocenters. The summed E-state index contributed by atoms with van der Waals surface area (Å²) in [6, 6.07) is 11.1. The van der Waals surface area contributed by atoms with Crippen molar-refractivity contribution in [1.82, 2.24) is 15.1 Å². The number of aromatic amines is 1. The number of aryl methyl sites for hydroxylation is 2. The number of phenolic OH excluding ortho intramolecular Hbond substituents is 1. The van der Waals surface area contributed by atoms with E-state index in [4.69, 9.17) is 4.74 Å². The second kappa shape index (κ2) is 9.89. The number of amides is 1. The Morgan fingerprint density at radius 3 is 2.71 bits per heavy atom. The van der Waals surface area contributed by atoms with Crippen molar-refractivity contribution < 1.29 is 19.7 Å². The van der Waals surface area contributed by atoms with Gasteiger partial charge >= 0.3 is 0 Å². The maximum atomic E-state index is 13.4. The fourth-order valence-electron chi connectivity index (χ4n) is 4.65. The van der Waals surface area contributed by atoms with Gasteiger partial charge in [-0.2, -0.15) is 5.10 Å². The Kier molecular flexibility index (Phi) is 6.93. The number of hydrogen-bond donors (Lipinski definition) is 3. The van der Waals surface area contributed by atoms with Gasteiger partial charge in [-0.05, 0) is 67.5 Å². The van der Waals surface area contributed by atoms with E-state index in [2.05, 4.69) is 24.0 Å². The Labute approximate surface area is 200 Å². The number of phenols is 1. The third-order valence-electron chi connectivity index (χ3n) is 6.25. The quantitative estimate of drug-likeness (QED) is 0.425. The molecule has 0 saturated carbocycles. The van der Waals surface area contributed by atoms with Gasteiger partial charge in [-0.1, -0.05) is 32.0 Å². The highest BCUT2D eigenvalue weighted by Crippen LogP contribution is 2.46. The molecule has 0 spiro atoms. The summed E-state index contributed by atoms with van der Waals surface area (Å²) in [6.45, 7) is 9.20. The molecule has 2 aromatic carbocycles. The first-order valence-electron chi connectivity index (χ1n) is 11.8. The van der Waals surface area contributed by atoms with E-state index in [0.717, 1.165) is 34.4 Å². The van der Waals surface area contributed by atoms with Crippen molar-refractivity contribution in [3.8, 4) is 22.8 Å².